The highest BCUT2D eigenvalue weighted by Crippen LogP contribution is 2.29. The van der Waals surface area contributed by atoms with Gasteiger partial charge in [-0.15, -0.1) is 0 Å². The molecule has 1 aliphatic heterocycles. The average Bonchev–Trinajstić information content (AvgIpc) is 2.53. The highest BCUT2D eigenvalue weighted by atomic mass is 19.4. The Morgan fingerprint density at radius 1 is 1.09 bits per heavy atom. The molecule has 2 rings (SSSR count). The SMILES string of the molecule is CC(C(N)=O)N1CCN(C(=O)c2ccc(C(F)(F)F)cc2)CC1. The third-order valence-corrected chi connectivity index (χ3v) is 4.02. The lowest BCUT2D eigenvalue weighted by Gasteiger charge is -2.37. The predicted molar refractivity (Wildman–Crippen MR) is 77.6 cm³/mol. The van der Waals surface area contributed by atoms with Gasteiger partial charge in [-0.25, -0.2) is 0 Å². The van der Waals surface area contributed by atoms with Gasteiger partial charge in [-0.2, -0.15) is 13.2 Å². The van der Waals surface area contributed by atoms with Gasteiger partial charge in [0.25, 0.3) is 5.91 Å². The number of primary amides is 1. The lowest BCUT2D eigenvalue weighted by atomic mass is 10.1. The number of rotatable bonds is 3. The Hall–Kier alpha value is -2.09. The molecule has 0 aromatic heterocycles. The van der Waals surface area contributed by atoms with E-state index in [1.165, 1.54) is 12.1 Å². The van der Waals surface area contributed by atoms with Gasteiger partial charge in [0.1, 0.15) is 0 Å². The van der Waals surface area contributed by atoms with Crippen molar-refractivity contribution >= 4 is 11.8 Å². The minimum absolute atomic E-state index is 0.217. The molecular formula is C15H18F3N3O2. The Morgan fingerprint density at radius 2 is 1.61 bits per heavy atom. The first-order valence-corrected chi connectivity index (χ1v) is 7.20. The molecule has 2 amide bonds. The van der Waals surface area contributed by atoms with Crippen LogP contribution in [0.5, 0.6) is 0 Å². The number of amides is 2. The molecule has 1 saturated heterocycles. The second-order valence-electron chi connectivity index (χ2n) is 5.48. The highest BCUT2D eigenvalue weighted by Gasteiger charge is 2.31. The second kappa shape index (κ2) is 6.57. The molecule has 1 aromatic rings. The highest BCUT2D eigenvalue weighted by molar-refractivity contribution is 5.94. The zero-order valence-corrected chi connectivity index (χ0v) is 12.6. The molecule has 8 heteroatoms. The van der Waals surface area contributed by atoms with Gasteiger partial charge in [0, 0.05) is 31.7 Å². The molecule has 1 aromatic carbocycles. The van der Waals surface area contributed by atoms with E-state index in [-0.39, 0.29) is 11.5 Å². The molecule has 23 heavy (non-hydrogen) atoms. The number of hydrogen-bond acceptors (Lipinski definition) is 3. The second-order valence-corrected chi connectivity index (χ2v) is 5.48. The summed E-state index contributed by atoms with van der Waals surface area (Å²) in [6.07, 6.45) is -4.42. The van der Waals surface area contributed by atoms with Gasteiger partial charge in [0.05, 0.1) is 11.6 Å². The molecule has 0 saturated carbocycles. The van der Waals surface area contributed by atoms with E-state index < -0.39 is 23.7 Å². The van der Waals surface area contributed by atoms with Crippen molar-refractivity contribution in [3.63, 3.8) is 0 Å². The van der Waals surface area contributed by atoms with E-state index in [2.05, 4.69) is 0 Å². The van der Waals surface area contributed by atoms with Crippen LogP contribution in [-0.2, 0) is 11.0 Å². The number of benzene rings is 1. The first kappa shape index (κ1) is 17.3. The summed E-state index contributed by atoms with van der Waals surface area (Å²) in [7, 11) is 0. The standard InChI is InChI=1S/C15H18F3N3O2/c1-10(13(19)22)20-6-8-21(9-7-20)14(23)11-2-4-12(5-3-11)15(16,17)18/h2-5,10H,6-9H2,1H3,(H2,19,22). The smallest absolute Gasteiger partial charge is 0.368 e. The first-order valence-electron chi connectivity index (χ1n) is 7.20. The van der Waals surface area contributed by atoms with Gasteiger partial charge >= 0.3 is 6.18 Å². The topological polar surface area (TPSA) is 66.6 Å². The van der Waals surface area contributed by atoms with Crippen molar-refractivity contribution in [1.82, 2.24) is 9.80 Å². The number of carbonyl (C=O) groups excluding carboxylic acids is 2. The molecule has 2 N–H and O–H groups in total. The number of nitrogens with two attached hydrogens (primary N) is 1. The Bertz CT molecular complexity index is 579. The Kier molecular flexibility index (Phi) is 4.93. The fourth-order valence-electron chi connectivity index (χ4n) is 2.48. The van der Waals surface area contributed by atoms with E-state index in [1.54, 1.807) is 11.8 Å². The maximum atomic E-state index is 12.5. The monoisotopic (exact) mass is 329 g/mol. The molecule has 126 valence electrons. The van der Waals surface area contributed by atoms with Gasteiger partial charge in [0.15, 0.2) is 0 Å². The molecule has 0 radical (unpaired) electrons. The summed E-state index contributed by atoms with van der Waals surface area (Å²) in [5.74, 6) is -0.738. The van der Waals surface area contributed by atoms with Gasteiger partial charge < -0.3 is 10.6 Å². The molecule has 1 heterocycles. The number of halogens is 3. The maximum absolute atomic E-state index is 12.5. The summed E-state index contributed by atoms with van der Waals surface area (Å²) in [5, 5.41) is 0. The molecule has 0 bridgehead atoms. The van der Waals surface area contributed by atoms with Gasteiger partial charge in [0.2, 0.25) is 5.91 Å². The largest absolute Gasteiger partial charge is 0.416 e. The van der Waals surface area contributed by atoms with Crippen LogP contribution in [0.2, 0.25) is 0 Å². The molecule has 1 unspecified atom stereocenters. The summed E-state index contributed by atoms with van der Waals surface area (Å²) < 4.78 is 37.6. The Labute approximate surface area is 131 Å². The van der Waals surface area contributed by atoms with Gasteiger partial charge in [-0.1, -0.05) is 0 Å². The maximum Gasteiger partial charge on any atom is 0.416 e. The van der Waals surface area contributed by atoms with Gasteiger partial charge in [-0.05, 0) is 31.2 Å². The van der Waals surface area contributed by atoms with Crippen molar-refractivity contribution in [2.45, 2.75) is 19.1 Å². The molecular weight excluding hydrogens is 311 g/mol. The fourth-order valence-corrected chi connectivity index (χ4v) is 2.48. The van der Waals surface area contributed by atoms with Crippen LogP contribution in [0.1, 0.15) is 22.8 Å². The van der Waals surface area contributed by atoms with Gasteiger partial charge in [-0.3, -0.25) is 14.5 Å². The Balaban J connectivity index is 1.99. The normalized spacial score (nSPS) is 17.8. The summed E-state index contributed by atoms with van der Waals surface area (Å²) in [5.41, 5.74) is 4.68. The Morgan fingerprint density at radius 3 is 2.04 bits per heavy atom. The summed E-state index contributed by atoms with van der Waals surface area (Å²) in [4.78, 5) is 26.9. The molecule has 0 aliphatic carbocycles. The summed E-state index contributed by atoms with van der Waals surface area (Å²) in [6, 6.07) is 3.77. The summed E-state index contributed by atoms with van der Waals surface area (Å²) >= 11 is 0. The van der Waals surface area contributed by atoms with Crippen LogP contribution in [-0.4, -0.2) is 53.8 Å². The zero-order chi connectivity index (χ0) is 17.2. The third-order valence-electron chi connectivity index (χ3n) is 4.02. The van der Waals surface area contributed by atoms with Crippen molar-refractivity contribution in [3.8, 4) is 0 Å². The van der Waals surface area contributed by atoms with Crippen LogP contribution in [0.15, 0.2) is 24.3 Å². The van der Waals surface area contributed by atoms with Crippen molar-refractivity contribution in [3.05, 3.63) is 35.4 Å². The van der Waals surface area contributed by atoms with Crippen molar-refractivity contribution in [1.29, 1.82) is 0 Å². The van der Waals surface area contributed by atoms with Crippen LogP contribution >= 0.6 is 0 Å². The first-order chi connectivity index (χ1) is 10.7. The lowest BCUT2D eigenvalue weighted by molar-refractivity contribution is -0.137. The van der Waals surface area contributed by atoms with E-state index >= 15 is 0 Å². The van der Waals surface area contributed by atoms with Crippen molar-refractivity contribution < 1.29 is 22.8 Å². The number of carbonyl (C=O) groups is 2. The van der Waals surface area contributed by atoms with E-state index in [9.17, 15) is 22.8 Å². The number of nitrogens with zero attached hydrogens (tertiary/aromatic N) is 2. The third kappa shape index (κ3) is 4.01. The van der Waals surface area contributed by atoms with Crippen molar-refractivity contribution in [2.24, 2.45) is 5.73 Å². The van der Waals surface area contributed by atoms with Crippen LogP contribution in [0.3, 0.4) is 0 Å². The summed E-state index contributed by atoms with van der Waals surface area (Å²) in [6.45, 7) is 3.50. The van der Waals surface area contributed by atoms with E-state index in [0.717, 1.165) is 12.1 Å². The molecule has 0 spiro atoms. The molecule has 1 fully saturated rings. The van der Waals surface area contributed by atoms with Crippen LogP contribution in [0.4, 0.5) is 13.2 Å². The van der Waals surface area contributed by atoms with Crippen LogP contribution in [0.25, 0.3) is 0 Å². The minimum atomic E-state index is -4.42. The van der Waals surface area contributed by atoms with E-state index in [4.69, 9.17) is 5.73 Å². The minimum Gasteiger partial charge on any atom is -0.368 e. The lowest BCUT2D eigenvalue weighted by Crippen LogP contribution is -2.54. The number of alkyl halides is 3. The number of hydrogen-bond donors (Lipinski definition) is 1. The zero-order valence-electron chi connectivity index (χ0n) is 12.6. The van der Waals surface area contributed by atoms with Crippen LogP contribution in [0, 0.1) is 0 Å². The quantitative estimate of drug-likeness (QED) is 0.910. The van der Waals surface area contributed by atoms with E-state index in [1.807, 2.05) is 4.90 Å². The molecule has 1 atom stereocenters. The molecule has 5 nitrogen and oxygen atoms in total. The van der Waals surface area contributed by atoms with Crippen molar-refractivity contribution in [2.75, 3.05) is 26.2 Å². The molecule has 1 aliphatic rings. The predicted octanol–water partition coefficient (Wildman–Crippen LogP) is 1.34. The van der Waals surface area contributed by atoms with E-state index in [0.29, 0.717) is 26.2 Å². The number of piperazine rings is 1. The average molecular weight is 329 g/mol. The fraction of sp³-hybridized carbons (Fsp3) is 0.467. The van der Waals surface area contributed by atoms with Crippen LogP contribution < -0.4 is 5.73 Å².